The van der Waals surface area contributed by atoms with Crippen molar-refractivity contribution in [2.75, 3.05) is 0 Å². The minimum absolute atomic E-state index is 0.486. The molecule has 0 N–H and O–H groups in total. The van der Waals surface area contributed by atoms with Gasteiger partial charge in [0.1, 0.15) is 0 Å². The van der Waals surface area contributed by atoms with E-state index >= 15 is 0 Å². The van der Waals surface area contributed by atoms with Crippen molar-refractivity contribution in [3.05, 3.63) is 0 Å². The Bertz CT molecular complexity index is 281. The minimum Gasteiger partial charge on any atom is -0.362 e. The highest BCUT2D eigenvalue weighted by Gasteiger charge is 2.34. The third-order valence-electron chi connectivity index (χ3n) is 6.15. The molecule has 1 saturated carbocycles. The van der Waals surface area contributed by atoms with E-state index < -0.39 is 0 Å². The molecule has 0 spiro atoms. The van der Waals surface area contributed by atoms with Crippen LogP contribution in [0, 0.1) is 11.8 Å². The fraction of sp³-hybridized carbons (Fsp3) is 1.00. The van der Waals surface area contributed by atoms with Gasteiger partial charge in [-0.15, -0.1) is 0 Å². The molecule has 0 saturated heterocycles. The first-order chi connectivity index (χ1) is 12.3. The summed E-state index contributed by atoms with van der Waals surface area (Å²) in [4.78, 5) is 0. The quantitative estimate of drug-likeness (QED) is 0.164. The van der Waals surface area contributed by atoms with Crippen molar-refractivity contribution < 1.29 is 4.52 Å². The van der Waals surface area contributed by atoms with Crippen molar-refractivity contribution in [3.8, 4) is 0 Å². The lowest BCUT2D eigenvalue weighted by atomic mass is 10.0. The monoisotopic (exact) mass is 370 g/mol. The maximum Gasteiger partial charge on any atom is 0.0610 e. The second kappa shape index (κ2) is 16.6. The van der Waals surface area contributed by atoms with E-state index in [1.165, 1.54) is 109 Å². The lowest BCUT2D eigenvalue weighted by molar-refractivity contribution is 0.204. The zero-order valence-corrected chi connectivity index (χ0v) is 18.6. The molecule has 0 aromatic heterocycles. The Morgan fingerprint density at radius 3 is 1.76 bits per heavy atom. The van der Waals surface area contributed by atoms with Crippen LogP contribution in [0.4, 0.5) is 0 Å². The number of hydrogen-bond donors (Lipinski definition) is 0. The molecule has 1 aliphatic carbocycles. The van der Waals surface area contributed by atoms with Crippen LogP contribution in [0.25, 0.3) is 0 Å². The second-order valence-corrected chi connectivity index (χ2v) is 8.83. The van der Waals surface area contributed by atoms with Crippen molar-refractivity contribution >= 4 is 9.47 Å². The second-order valence-electron chi connectivity index (χ2n) is 8.56. The first-order valence-electron chi connectivity index (χ1n) is 11.7. The average Bonchev–Trinajstić information content (AvgIpc) is 3.36. The Morgan fingerprint density at radius 2 is 1.20 bits per heavy atom. The molecule has 0 aromatic carbocycles. The van der Waals surface area contributed by atoms with Crippen LogP contribution in [0.15, 0.2) is 0 Å². The van der Waals surface area contributed by atoms with Gasteiger partial charge in [-0.1, -0.05) is 110 Å². The summed E-state index contributed by atoms with van der Waals surface area (Å²) in [6, 6.07) is 0. The molecule has 0 amide bonds. The molecular formula is C23H47OP. The van der Waals surface area contributed by atoms with E-state index in [4.69, 9.17) is 4.52 Å². The van der Waals surface area contributed by atoms with Gasteiger partial charge in [0.25, 0.3) is 0 Å². The number of rotatable bonds is 19. The molecule has 1 aliphatic rings. The molecule has 0 heterocycles. The largest absolute Gasteiger partial charge is 0.362 e. The molecule has 0 aromatic rings. The normalized spacial score (nSPS) is 20.8. The van der Waals surface area contributed by atoms with Gasteiger partial charge in [0.2, 0.25) is 0 Å². The fourth-order valence-electron chi connectivity index (χ4n) is 4.31. The van der Waals surface area contributed by atoms with Gasteiger partial charge in [-0.05, 0) is 31.1 Å². The van der Waals surface area contributed by atoms with Crippen LogP contribution in [-0.2, 0) is 4.52 Å². The van der Waals surface area contributed by atoms with Crippen molar-refractivity contribution in [3.63, 3.8) is 0 Å². The Morgan fingerprint density at radius 1 is 0.680 bits per heavy atom. The number of unbranched alkanes of at least 4 members (excludes halogenated alkanes) is 10. The van der Waals surface area contributed by atoms with E-state index in [1.54, 1.807) is 6.42 Å². The molecule has 150 valence electrons. The van der Waals surface area contributed by atoms with E-state index in [2.05, 4.69) is 23.3 Å². The highest BCUT2D eigenvalue weighted by atomic mass is 31.0. The molecule has 0 radical (unpaired) electrons. The van der Waals surface area contributed by atoms with Crippen LogP contribution in [0.1, 0.15) is 129 Å². The zero-order chi connectivity index (χ0) is 18.2. The molecule has 1 fully saturated rings. The molecule has 0 aliphatic heterocycles. The van der Waals surface area contributed by atoms with E-state index in [1.807, 2.05) is 0 Å². The summed E-state index contributed by atoms with van der Waals surface area (Å²) in [5, 5.41) is 0. The Balaban J connectivity index is 1.75. The van der Waals surface area contributed by atoms with Gasteiger partial charge in [0.15, 0.2) is 0 Å². The van der Waals surface area contributed by atoms with Crippen LogP contribution in [-0.4, -0.2) is 6.10 Å². The predicted molar refractivity (Wildman–Crippen MR) is 116 cm³/mol. The minimum atomic E-state index is 0.486. The smallest absolute Gasteiger partial charge is 0.0610 e. The standard InChI is InChI=1S/C23H47OP/c1-3-5-13-18-23(24-25)19-15-12-10-8-6-7-9-11-14-17-22-20-21(22)16-4-2/h21-23H,3-20,25H2,1-2H3. The highest BCUT2D eigenvalue weighted by Crippen LogP contribution is 2.45. The van der Waals surface area contributed by atoms with E-state index in [-0.39, 0.29) is 0 Å². The summed E-state index contributed by atoms with van der Waals surface area (Å²) in [7, 11) is 2.48. The van der Waals surface area contributed by atoms with E-state index in [9.17, 15) is 0 Å². The third kappa shape index (κ3) is 13.2. The summed E-state index contributed by atoms with van der Waals surface area (Å²) in [5.74, 6) is 2.24. The Kier molecular flexibility index (Phi) is 15.5. The molecule has 25 heavy (non-hydrogen) atoms. The summed E-state index contributed by atoms with van der Waals surface area (Å²) in [5.41, 5.74) is 0. The molecule has 1 rings (SSSR count). The molecule has 4 atom stereocenters. The molecular weight excluding hydrogens is 323 g/mol. The topological polar surface area (TPSA) is 9.23 Å². The lowest BCUT2D eigenvalue weighted by Crippen LogP contribution is -2.07. The average molecular weight is 371 g/mol. The SMILES string of the molecule is CCCCCC(CCCCCCCCCCCC1CC1CCC)OP. The van der Waals surface area contributed by atoms with Crippen LogP contribution in [0.3, 0.4) is 0 Å². The summed E-state index contributed by atoms with van der Waals surface area (Å²) in [6.45, 7) is 4.60. The van der Waals surface area contributed by atoms with Gasteiger partial charge in [0.05, 0.1) is 6.10 Å². The highest BCUT2D eigenvalue weighted by molar-refractivity contribution is 7.09. The first-order valence-corrected chi connectivity index (χ1v) is 12.1. The first kappa shape index (κ1) is 23.4. The van der Waals surface area contributed by atoms with Crippen molar-refractivity contribution in [1.29, 1.82) is 0 Å². The van der Waals surface area contributed by atoms with Gasteiger partial charge in [-0.3, -0.25) is 0 Å². The van der Waals surface area contributed by atoms with Crippen molar-refractivity contribution in [1.82, 2.24) is 0 Å². The van der Waals surface area contributed by atoms with Gasteiger partial charge in [-0.25, -0.2) is 0 Å². The maximum atomic E-state index is 5.54. The summed E-state index contributed by atoms with van der Waals surface area (Å²) >= 11 is 0. The zero-order valence-electron chi connectivity index (χ0n) is 17.4. The fourth-order valence-corrected chi connectivity index (χ4v) is 4.58. The molecule has 0 bridgehead atoms. The van der Waals surface area contributed by atoms with Gasteiger partial charge in [0, 0.05) is 9.47 Å². The summed E-state index contributed by atoms with van der Waals surface area (Å²) < 4.78 is 5.54. The van der Waals surface area contributed by atoms with Crippen LogP contribution >= 0.6 is 9.47 Å². The molecule has 1 nitrogen and oxygen atoms in total. The van der Waals surface area contributed by atoms with Crippen LogP contribution in [0.5, 0.6) is 0 Å². The van der Waals surface area contributed by atoms with Crippen LogP contribution < -0.4 is 0 Å². The van der Waals surface area contributed by atoms with E-state index in [0.717, 1.165) is 11.8 Å². The molecule has 4 unspecified atom stereocenters. The van der Waals surface area contributed by atoms with Crippen molar-refractivity contribution in [2.45, 2.75) is 136 Å². The molecule has 2 heteroatoms. The summed E-state index contributed by atoms with van der Waals surface area (Å²) in [6.07, 6.45) is 26.0. The van der Waals surface area contributed by atoms with Gasteiger partial charge < -0.3 is 4.52 Å². The van der Waals surface area contributed by atoms with E-state index in [0.29, 0.717) is 6.10 Å². The van der Waals surface area contributed by atoms with Crippen LogP contribution in [0.2, 0.25) is 0 Å². The lowest BCUT2D eigenvalue weighted by Gasteiger charge is -2.14. The van der Waals surface area contributed by atoms with Gasteiger partial charge >= 0.3 is 0 Å². The Hall–Kier alpha value is 0.390. The number of hydrogen-bond acceptors (Lipinski definition) is 1. The maximum absolute atomic E-state index is 5.54. The Labute approximate surface area is 161 Å². The third-order valence-corrected chi connectivity index (χ3v) is 6.54. The van der Waals surface area contributed by atoms with Gasteiger partial charge in [-0.2, -0.15) is 0 Å². The van der Waals surface area contributed by atoms with Crippen molar-refractivity contribution in [2.24, 2.45) is 11.8 Å². The predicted octanol–water partition coefficient (Wildman–Crippen LogP) is 8.47.